The normalized spacial score (nSPS) is 23.8. The monoisotopic (exact) mass is 283 g/mol. The van der Waals surface area contributed by atoms with Crippen LogP contribution in [0.15, 0.2) is 36.5 Å². The molecule has 1 aliphatic heterocycles. The predicted molar refractivity (Wildman–Crippen MR) is 88.2 cm³/mol. The Morgan fingerprint density at radius 1 is 1.29 bits per heavy atom. The highest BCUT2D eigenvalue weighted by molar-refractivity contribution is 5.81. The zero-order valence-electron chi connectivity index (χ0n) is 13.2. The number of nitrogens with zero attached hydrogens (tertiary/aromatic N) is 2. The summed E-state index contributed by atoms with van der Waals surface area (Å²) < 4.78 is 0. The van der Waals surface area contributed by atoms with Crippen LogP contribution in [0.4, 0.5) is 0 Å². The van der Waals surface area contributed by atoms with Gasteiger partial charge in [-0.25, -0.2) is 0 Å². The second-order valence-corrected chi connectivity index (χ2v) is 6.54. The molecule has 1 N–H and O–H groups in total. The van der Waals surface area contributed by atoms with Gasteiger partial charge in [-0.1, -0.05) is 38.1 Å². The Morgan fingerprint density at radius 2 is 2.10 bits per heavy atom. The predicted octanol–water partition coefficient (Wildman–Crippen LogP) is 3.05. The molecular weight excluding hydrogens is 258 g/mol. The van der Waals surface area contributed by atoms with Gasteiger partial charge in [0.25, 0.3) is 0 Å². The van der Waals surface area contributed by atoms with Crippen LogP contribution < -0.4 is 5.32 Å². The van der Waals surface area contributed by atoms with E-state index in [1.54, 1.807) is 0 Å². The number of rotatable bonds is 3. The van der Waals surface area contributed by atoms with Crippen molar-refractivity contribution < 1.29 is 0 Å². The molecule has 0 bridgehead atoms. The maximum atomic E-state index is 4.59. The van der Waals surface area contributed by atoms with Crippen LogP contribution in [0.1, 0.15) is 26.3 Å². The molecular formula is C18H25N3. The molecule has 3 rings (SSSR count). The molecule has 2 heterocycles. The number of para-hydroxylation sites is 1. The highest BCUT2D eigenvalue weighted by Gasteiger charge is 2.28. The van der Waals surface area contributed by atoms with Crippen molar-refractivity contribution in [3.05, 3.63) is 42.1 Å². The molecule has 3 nitrogen and oxygen atoms in total. The molecule has 1 saturated heterocycles. The minimum Gasteiger partial charge on any atom is -0.311 e. The molecule has 112 valence electrons. The van der Waals surface area contributed by atoms with Crippen LogP contribution in [0.2, 0.25) is 0 Å². The molecule has 1 fully saturated rings. The summed E-state index contributed by atoms with van der Waals surface area (Å²) in [6, 6.07) is 11.8. The van der Waals surface area contributed by atoms with Gasteiger partial charge < -0.3 is 5.32 Å². The third kappa shape index (κ3) is 3.09. The number of aromatic nitrogens is 1. The first kappa shape index (κ1) is 14.5. The summed E-state index contributed by atoms with van der Waals surface area (Å²) in [7, 11) is 0. The number of piperazine rings is 1. The van der Waals surface area contributed by atoms with Crippen LogP contribution >= 0.6 is 0 Å². The fourth-order valence-corrected chi connectivity index (χ4v) is 3.36. The first-order chi connectivity index (χ1) is 10.1. The second-order valence-electron chi connectivity index (χ2n) is 6.54. The van der Waals surface area contributed by atoms with Crippen LogP contribution in [0.3, 0.4) is 0 Å². The van der Waals surface area contributed by atoms with Crippen molar-refractivity contribution in [2.24, 2.45) is 5.92 Å². The number of fused-ring (bicyclic) bond motifs is 1. The summed E-state index contributed by atoms with van der Waals surface area (Å²) in [6.07, 6.45) is 1.89. The van der Waals surface area contributed by atoms with Crippen molar-refractivity contribution in [3.63, 3.8) is 0 Å². The van der Waals surface area contributed by atoms with Gasteiger partial charge in [-0.3, -0.25) is 9.88 Å². The molecule has 0 radical (unpaired) electrons. The summed E-state index contributed by atoms with van der Waals surface area (Å²) in [4.78, 5) is 7.21. The van der Waals surface area contributed by atoms with E-state index < -0.39 is 0 Å². The Morgan fingerprint density at radius 3 is 2.90 bits per heavy atom. The molecule has 0 aliphatic carbocycles. The van der Waals surface area contributed by atoms with Crippen molar-refractivity contribution in [2.45, 2.75) is 39.4 Å². The van der Waals surface area contributed by atoms with Gasteiger partial charge in [0, 0.05) is 43.3 Å². The quantitative estimate of drug-likeness (QED) is 0.938. The Labute approximate surface area is 127 Å². The molecule has 0 saturated carbocycles. The van der Waals surface area contributed by atoms with E-state index in [0.29, 0.717) is 18.0 Å². The largest absolute Gasteiger partial charge is 0.311 e. The minimum absolute atomic E-state index is 0.558. The van der Waals surface area contributed by atoms with Gasteiger partial charge in [0.2, 0.25) is 0 Å². The van der Waals surface area contributed by atoms with Gasteiger partial charge in [-0.2, -0.15) is 0 Å². The van der Waals surface area contributed by atoms with E-state index in [2.05, 4.69) is 60.2 Å². The summed E-state index contributed by atoms with van der Waals surface area (Å²) >= 11 is 0. The lowest BCUT2D eigenvalue weighted by atomic mass is 9.97. The number of hydrogen-bond acceptors (Lipinski definition) is 3. The van der Waals surface area contributed by atoms with Crippen LogP contribution in [-0.4, -0.2) is 35.1 Å². The summed E-state index contributed by atoms with van der Waals surface area (Å²) in [5.74, 6) is 0.660. The maximum Gasteiger partial charge on any atom is 0.0746 e. The fourth-order valence-electron chi connectivity index (χ4n) is 3.36. The highest BCUT2D eigenvalue weighted by Crippen LogP contribution is 2.22. The summed E-state index contributed by atoms with van der Waals surface area (Å²) in [6.45, 7) is 10.1. The molecule has 0 amide bonds. The van der Waals surface area contributed by atoms with E-state index >= 15 is 0 Å². The molecule has 3 heteroatoms. The number of nitrogens with one attached hydrogen (secondary N) is 1. The third-order valence-corrected chi connectivity index (χ3v) is 4.51. The Kier molecular flexibility index (Phi) is 4.22. The van der Waals surface area contributed by atoms with Crippen molar-refractivity contribution >= 4 is 10.9 Å². The zero-order valence-corrected chi connectivity index (χ0v) is 13.2. The van der Waals surface area contributed by atoms with Gasteiger partial charge in [0.05, 0.1) is 5.52 Å². The standard InChI is InChI=1S/C18H25N3/c1-13(2)17-10-20-14(3)11-21(17)12-16-7-4-6-15-8-5-9-19-18(15)16/h4-9,13-14,17,20H,10-12H2,1-3H3. The molecule has 2 unspecified atom stereocenters. The number of pyridine rings is 1. The molecule has 1 aliphatic rings. The lowest BCUT2D eigenvalue weighted by molar-refractivity contribution is 0.0960. The van der Waals surface area contributed by atoms with Crippen LogP contribution in [-0.2, 0) is 6.54 Å². The average Bonchev–Trinajstić information content (AvgIpc) is 2.47. The van der Waals surface area contributed by atoms with Gasteiger partial charge >= 0.3 is 0 Å². The Balaban J connectivity index is 1.89. The van der Waals surface area contributed by atoms with Crippen molar-refractivity contribution in [1.82, 2.24) is 15.2 Å². The Hall–Kier alpha value is -1.45. The van der Waals surface area contributed by atoms with E-state index in [-0.39, 0.29) is 0 Å². The molecule has 2 atom stereocenters. The third-order valence-electron chi connectivity index (χ3n) is 4.51. The topological polar surface area (TPSA) is 28.2 Å². The summed E-state index contributed by atoms with van der Waals surface area (Å²) in [5, 5.41) is 4.84. The van der Waals surface area contributed by atoms with E-state index in [1.807, 2.05) is 12.3 Å². The minimum atomic E-state index is 0.558. The molecule has 1 aromatic heterocycles. The van der Waals surface area contributed by atoms with E-state index in [1.165, 1.54) is 10.9 Å². The van der Waals surface area contributed by atoms with Gasteiger partial charge in [-0.15, -0.1) is 0 Å². The van der Waals surface area contributed by atoms with Gasteiger partial charge in [0.1, 0.15) is 0 Å². The zero-order chi connectivity index (χ0) is 14.8. The smallest absolute Gasteiger partial charge is 0.0746 e. The summed E-state index contributed by atoms with van der Waals surface area (Å²) in [5.41, 5.74) is 2.49. The van der Waals surface area contributed by atoms with E-state index in [4.69, 9.17) is 0 Å². The first-order valence-electron chi connectivity index (χ1n) is 7.95. The molecule has 21 heavy (non-hydrogen) atoms. The first-order valence-corrected chi connectivity index (χ1v) is 7.95. The fraction of sp³-hybridized carbons (Fsp3) is 0.500. The van der Waals surface area contributed by atoms with Crippen molar-refractivity contribution in [2.75, 3.05) is 13.1 Å². The SMILES string of the molecule is CC1CN(Cc2cccc3cccnc23)C(C(C)C)CN1. The van der Waals surface area contributed by atoms with Crippen LogP contribution in [0, 0.1) is 5.92 Å². The lowest BCUT2D eigenvalue weighted by Crippen LogP contribution is -2.56. The molecule has 0 spiro atoms. The van der Waals surface area contributed by atoms with Crippen LogP contribution in [0.25, 0.3) is 10.9 Å². The van der Waals surface area contributed by atoms with E-state index in [0.717, 1.165) is 25.2 Å². The van der Waals surface area contributed by atoms with Crippen molar-refractivity contribution in [1.29, 1.82) is 0 Å². The van der Waals surface area contributed by atoms with Crippen LogP contribution in [0.5, 0.6) is 0 Å². The molecule has 1 aromatic carbocycles. The van der Waals surface area contributed by atoms with Crippen molar-refractivity contribution in [3.8, 4) is 0 Å². The lowest BCUT2D eigenvalue weighted by Gasteiger charge is -2.41. The van der Waals surface area contributed by atoms with E-state index in [9.17, 15) is 0 Å². The highest BCUT2D eigenvalue weighted by atomic mass is 15.2. The second kappa shape index (κ2) is 6.12. The number of benzene rings is 1. The van der Waals surface area contributed by atoms with Gasteiger partial charge in [0.15, 0.2) is 0 Å². The maximum absolute atomic E-state index is 4.59. The molecule has 2 aromatic rings. The van der Waals surface area contributed by atoms with Gasteiger partial charge in [-0.05, 0) is 24.5 Å². The number of hydrogen-bond donors (Lipinski definition) is 1. The average molecular weight is 283 g/mol. The Bertz CT molecular complexity index is 603.